The van der Waals surface area contributed by atoms with Crippen LogP contribution < -0.4 is 4.74 Å². The first-order valence-electron chi connectivity index (χ1n) is 5.40. The van der Waals surface area contributed by atoms with Crippen LogP contribution in [0.25, 0.3) is 0 Å². The van der Waals surface area contributed by atoms with E-state index in [1.165, 1.54) is 7.05 Å². The molecule has 0 fully saturated rings. The Morgan fingerprint density at radius 2 is 2.06 bits per heavy atom. The molecule has 0 saturated carbocycles. The fourth-order valence-electron chi connectivity index (χ4n) is 1.36. The Hall–Kier alpha value is -1.91. The molecule has 0 heterocycles. The molecular weight excluding hydrogens is 240 g/mol. The van der Waals surface area contributed by atoms with Crippen LogP contribution in [0.1, 0.15) is 5.56 Å². The van der Waals surface area contributed by atoms with Crippen molar-refractivity contribution in [1.29, 1.82) is 0 Å². The van der Waals surface area contributed by atoms with E-state index < -0.39 is 12.3 Å². The number of ether oxygens (including phenoxy) is 1. The highest BCUT2D eigenvalue weighted by Gasteiger charge is 2.19. The zero-order valence-electron chi connectivity index (χ0n) is 10.1. The predicted octanol–water partition coefficient (Wildman–Crippen LogP) is 2.47. The number of alkyl halides is 2. The van der Waals surface area contributed by atoms with Crippen LogP contribution in [0, 0.1) is 0 Å². The highest BCUT2D eigenvalue weighted by atomic mass is 19.3. The topological polar surface area (TPSA) is 29.5 Å². The fraction of sp³-hybridized carbons (Fsp3) is 0.308. The number of nitrogens with zero attached hydrogens (tertiary/aromatic N) is 1. The molecule has 3 nitrogen and oxygen atoms in total. The summed E-state index contributed by atoms with van der Waals surface area (Å²) in [5.41, 5.74) is 0.762. The lowest BCUT2D eigenvalue weighted by atomic mass is 10.2. The first-order chi connectivity index (χ1) is 8.54. The molecule has 1 aromatic rings. The molecule has 0 unspecified atom stereocenters. The zero-order valence-corrected chi connectivity index (χ0v) is 10.1. The molecule has 0 bridgehead atoms. The summed E-state index contributed by atoms with van der Waals surface area (Å²) in [6, 6.07) is 6.90. The van der Waals surface area contributed by atoms with E-state index in [0.29, 0.717) is 12.4 Å². The van der Waals surface area contributed by atoms with Crippen molar-refractivity contribution in [3.05, 3.63) is 42.5 Å². The fourth-order valence-corrected chi connectivity index (χ4v) is 1.36. The van der Waals surface area contributed by atoms with Gasteiger partial charge in [0.25, 0.3) is 5.91 Å². The maximum absolute atomic E-state index is 12.2. The minimum atomic E-state index is -2.97. The molecule has 5 heteroatoms. The molecule has 0 aliphatic rings. The normalized spacial score (nSPS) is 10.2. The molecule has 1 aromatic carbocycles. The second-order valence-corrected chi connectivity index (χ2v) is 3.74. The summed E-state index contributed by atoms with van der Waals surface area (Å²) in [5.74, 6) is -0.511. The lowest BCUT2D eigenvalue weighted by Gasteiger charge is -2.16. The maximum Gasteiger partial charge on any atom is 0.315 e. The molecule has 0 aromatic heterocycles. The van der Waals surface area contributed by atoms with Crippen molar-refractivity contribution in [1.82, 2.24) is 4.90 Å². The standard InChI is InChI=1S/C13H15F2NO2/c1-3-8-18-11-6-4-10(5-7-11)9-16(2)13(17)12(14)15/h3-7,12H,1,8-9H2,2H3. The van der Waals surface area contributed by atoms with Crippen LogP contribution in [0.2, 0.25) is 0 Å². The van der Waals surface area contributed by atoms with E-state index in [9.17, 15) is 13.6 Å². The second kappa shape index (κ2) is 6.74. The molecule has 1 amide bonds. The van der Waals surface area contributed by atoms with Gasteiger partial charge >= 0.3 is 6.43 Å². The third-order valence-electron chi connectivity index (χ3n) is 2.27. The van der Waals surface area contributed by atoms with Crippen LogP contribution in [0.4, 0.5) is 8.78 Å². The molecular formula is C13H15F2NO2. The van der Waals surface area contributed by atoms with Crippen LogP contribution in [-0.2, 0) is 11.3 Å². The Balaban J connectivity index is 2.58. The van der Waals surface area contributed by atoms with Gasteiger partial charge < -0.3 is 9.64 Å². The number of carbonyl (C=O) groups excluding carboxylic acids is 1. The van der Waals surface area contributed by atoms with E-state index in [1.54, 1.807) is 30.3 Å². The van der Waals surface area contributed by atoms with Crippen molar-refractivity contribution in [3.8, 4) is 5.75 Å². The van der Waals surface area contributed by atoms with Gasteiger partial charge in [-0.05, 0) is 17.7 Å². The van der Waals surface area contributed by atoms with Crippen LogP contribution >= 0.6 is 0 Å². The van der Waals surface area contributed by atoms with Gasteiger partial charge in [0.1, 0.15) is 12.4 Å². The molecule has 0 saturated heterocycles. The van der Waals surface area contributed by atoms with Crippen molar-refractivity contribution in [2.75, 3.05) is 13.7 Å². The number of rotatable bonds is 6. The van der Waals surface area contributed by atoms with Gasteiger partial charge in [0.2, 0.25) is 0 Å². The Kier molecular flexibility index (Phi) is 5.30. The number of hydrogen-bond acceptors (Lipinski definition) is 2. The van der Waals surface area contributed by atoms with Crippen LogP contribution in [0.5, 0.6) is 5.75 Å². The molecule has 0 spiro atoms. The molecule has 1 rings (SSSR count). The smallest absolute Gasteiger partial charge is 0.315 e. The van der Waals surface area contributed by atoms with Gasteiger partial charge in [-0.15, -0.1) is 0 Å². The van der Waals surface area contributed by atoms with Crippen LogP contribution in [0.15, 0.2) is 36.9 Å². The average molecular weight is 255 g/mol. The lowest BCUT2D eigenvalue weighted by Crippen LogP contribution is -2.31. The van der Waals surface area contributed by atoms with Crippen molar-refractivity contribution in [2.24, 2.45) is 0 Å². The number of carbonyl (C=O) groups is 1. The second-order valence-electron chi connectivity index (χ2n) is 3.74. The summed E-state index contributed by atoms with van der Waals surface area (Å²) >= 11 is 0. The van der Waals surface area contributed by atoms with Crippen molar-refractivity contribution in [3.63, 3.8) is 0 Å². The monoisotopic (exact) mass is 255 g/mol. The van der Waals surface area contributed by atoms with Gasteiger partial charge in [0.05, 0.1) is 0 Å². The molecule has 0 atom stereocenters. The van der Waals surface area contributed by atoms with E-state index in [0.717, 1.165) is 10.5 Å². The van der Waals surface area contributed by atoms with Gasteiger partial charge in [0, 0.05) is 13.6 Å². The molecule has 0 aliphatic heterocycles. The number of halogens is 2. The molecule has 0 N–H and O–H groups in total. The summed E-state index contributed by atoms with van der Waals surface area (Å²) in [4.78, 5) is 12.0. The van der Waals surface area contributed by atoms with E-state index in [2.05, 4.69) is 6.58 Å². The third kappa shape index (κ3) is 4.16. The minimum absolute atomic E-state index is 0.144. The minimum Gasteiger partial charge on any atom is -0.490 e. The van der Waals surface area contributed by atoms with Gasteiger partial charge in [-0.25, -0.2) is 0 Å². The van der Waals surface area contributed by atoms with Crippen LogP contribution in [0.3, 0.4) is 0 Å². The molecule has 0 aliphatic carbocycles. The van der Waals surface area contributed by atoms with Gasteiger partial charge in [0.15, 0.2) is 0 Å². The van der Waals surface area contributed by atoms with Crippen molar-refractivity contribution < 1.29 is 18.3 Å². The summed E-state index contributed by atoms with van der Waals surface area (Å²) in [5, 5.41) is 0. The summed E-state index contributed by atoms with van der Waals surface area (Å²) < 4.78 is 29.6. The van der Waals surface area contributed by atoms with E-state index in [4.69, 9.17) is 4.74 Å². The van der Waals surface area contributed by atoms with Crippen LogP contribution in [-0.4, -0.2) is 30.9 Å². The number of hydrogen-bond donors (Lipinski definition) is 0. The summed E-state index contributed by atoms with van der Waals surface area (Å²) in [6.45, 7) is 4.08. The first kappa shape index (κ1) is 14.2. The van der Waals surface area contributed by atoms with Crippen molar-refractivity contribution >= 4 is 5.91 Å². The first-order valence-corrected chi connectivity index (χ1v) is 5.40. The molecule has 18 heavy (non-hydrogen) atoms. The third-order valence-corrected chi connectivity index (χ3v) is 2.27. The average Bonchev–Trinajstić information content (AvgIpc) is 2.36. The predicted molar refractivity (Wildman–Crippen MR) is 64.6 cm³/mol. The summed E-state index contributed by atoms with van der Waals surface area (Å²) in [6.07, 6.45) is -1.34. The molecule has 0 radical (unpaired) electrons. The Bertz CT molecular complexity index is 404. The lowest BCUT2D eigenvalue weighted by molar-refractivity contribution is -0.141. The number of amides is 1. The van der Waals surface area contributed by atoms with Gasteiger partial charge in [-0.1, -0.05) is 24.8 Å². The highest BCUT2D eigenvalue weighted by molar-refractivity contribution is 5.79. The van der Waals surface area contributed by atoms with Crippen molar-refractivity contribution in [2.45, 2.75) is 13.0 Å². The number of benzene rings is 1. The van der Waals surface area contributed by atoms with Gasteiger partial charge in [-0.2, -0.15) is 8.78 Å². The quantitative estimate of drug-likeness (QED) is 0.731. The Labute approximate surface area is 105 Å². The summed E-state index contributed by atoms with van der Waals surface area (Å²) in [7, 11) is 1.34. The van der Waals surface area contributed by atoms with E-state index in [1.807, 2.05) is 0 Å². The van der Waals surface area contributed by atoms with E-state index >= 15 is 0 Å². The Morgan fingerprint density at radius 3 is 2.56 bits per heavy atom. The SMILES string of the molecule is C=CCOc1ccc(CN(C)C(=O)C(F)F)cc1. The highest BCUT2D eigenvalue weighted by Crippen LogP contribution is 2.14. The largest absolute Gasteiger partial charge is 0.490 e. The molecule has 98 valence electrons. The zero-order chi connectivity index (χ0) is 13.5. The maximum atomic E-state index is 12.2. The van der Waals surface area contributed by atoms with E-state index in [-0.39, 0.29) is 6.54 Å². The van der Waals surface area contributed by atoms with Gasteiger partial charge in [-0.3, -0.25) is 4.79 Å². The Morgan fingerprint density at radius 1 is 1.44 bits per heavy atom.